The summed E-state index contributed by atoms with van der Waals surface area (Å²) in [7, 11) is 1.35. The molecule has 0 bridgehead atoms. The molecule has 1 unspecified atom stereocenters. The van der Waals surface area contributed by atoms with Crippen LogP contribution in [0.5, 0.6) is 0 Å². The maximum Gasteiger partial charge on any atom is 0.306 e. The third-order valence-electron chi connectivity index (χ3n) is 8.48. The second kappa shape index (κ2) is 34.1. The van der Waals surface area contributed by atoms with Crippen molar-refractivity contribution >= 4 is 13.8 Å². The van der Waals surface area contributed by atoms with Crippen LogP contribution < -0.4 is 4.89 Å². The molecule has 0 aliphatic rings. The lowest BCUT2D eigenvalue weighted by Crippen LogP contribution is -2.37. The summed E-state index contributed by atoms with van der Waals surface area (Å²) in [6.07, 6.45) is 36.1. The van der Waals surface area contributed by atoms with Crippen molar-refractivity contribution in [3.8, 4) is 0 Å². The molecule has 9 heteroatoms. The number of quaternary nitrogens is 1. The second-order valence-electron chi connectivity index (χ2n) is 14.6. The number of carbonyl (C=O) groups excluding carboxylic acids is 1. The van der Waals surface area contributed by atoms with E-state index in [1.165, 1.54) is 103 Å². The first kappa shape index (κ1) is 48.0. The molecule has 0 fully saturated rings. The van der Waals surface area contributed by atoms with Crippen LogP contribution in [0.2, 0.25) is 0 Å². The van der Waals surface area contributed by atoms with Crippen molar-refractivity contribution in [2.75, 3.05) is 54.1 Å². The van der Waals surface area contributed by atoms with Gasteiger partial charge >= 0.3 is 5.97 Å². The number of phosphoric acid groups is 1. The van der Waals surface area contributed by atoms with Crippen molar-refractivity contribution in [2.24, 2.45) is 0 Å². The SMILES string of the molecule is CCCCCC/C=C\CCCCCCCCOC[C@H](COP(=O)([O-])OCC[N+](C)(C)C)OC(=O)CCCCCCC/C=C\CCCCCC. The van der Waals surface area contributed by atoms with Gasteiger partial charge in [-0.3, -0.25) is 9.36 Å². The van der Waals surface area contributed by atoms with Crippen LogP contribution >= 0.6 is 7.82 Å². The number of nitrogens with zero attached hydrogens (tertiary/aromatic N) is 1. The summed E-state index contributed by atoms with van der Waals surface area (Å²) in [6, 6.07) is 0. The number of hydrogen-bond donors (Lipinski definition) is 0. The summed E-state index contributed by atoms with van der Waals surface area (Å²) in [5, 5.41) is 0. The van der Waals surface area contributed by atoms with E-state index in [2.05, 4.69) is 38.2 Å². The average Bonchev–Trinajstić information content (AvgIpc) is 3.04. The molecule has 0 saturated heterocycles. The van der Waals surface area contributed by atoms with Gasteiger partial charge in [-0.1, -0.05) is 122 Å². The lowest BCUT2D eigenvalue weighted by molar-refractivity contribution is -0.870. The Kier molecular flexibility index (Phi) is 33.4. The maximum absolute atomic E-state index is 12.6. The number of phosphoric ester groups is 1. The minimum absolute atomic E-state index is 0.0242. The third-order valence-corrected chi connectivity index (χ3v) is 9.44. The van der Waals surface area contributed by atoms with Gasteiger partial charge in [0.2, 0.25) is 0 Å². The van der Waals surface area contributed by atoms with E-state index < -0.39 is 13.9 Å². The summed E-state index contributed by atoms with van der Waals surface area (Å²) >= 11 is 0. The van der Waals surface area contributed by atoms with Gasteiger partial charge in [0.15, 0.2) is 0 Å². The lowest BCUT2D eigenvalue weighted by atomic mass is 10.1. The predicted octanol–water partition coefficient (Wildman–Crippen LogP) is 10.6. The number of hydrogen-bond acceptors (Lipinski definition) is 7. The predicted molar refractivity (Wildman–Crippen MR) is 204 cm³/mol. The Labute approximate surface area is 303 Å². The van der Waals surface area contributed by atoms with Crippen LogP contribution in [-0.2, 0) is 27.9 Å². The van der Waals surface area contributed by atoms with Crippen LogP contribution in [0.15, 0.2) is 24.3 Å². The van der Waals surface area contributed by atoms with Gasteiger partial charge in [0.25, 0.3) is 7.82 Å². The van der Waals surface area contributed by atoms with E-state index >= 15 is 0 Å². The van der Waals surface area contributed by atoms with E-state index in [4.69, 9.17) is 18.5 Å². The van der Waals surface area contributed by atoms with E-state index in [9.17, 15) is 14.3 Å². The fourth-order valence-corrected chi connectivity index (χ4v) is 6.03. The van der Waals surface area contributed by atoms with Gasteiger partial charge < -0.3 is 27.9 Å². The fourth-order valence-electron chi connectivity index (χ4n) is 5.30. The molecule has 0 heterocycles. The van der Waals surface area contributed by atoms with E-state index in [1.807, 2.05) is 21.1 Å². The fraction of sp³-hybridized carbons (Fsp3) is 0.875. The zero-order chi connectivity index (χ0) is 36.3. The lowest BCUT2D eigenvalue weighted by Gasteiger charge is -2.28. The summed E-state index contributed by atoms with van der Waals surface area (Å²) in [4.78, 5) is 24.9. The quantitative estimate of drug-likeness (QED) is 0.0208. The third kappa shape index (κ3) is 38.1. The Balaban J connectivity index is 4.30. The standard InChI is InChI=1S/C40H78NO7P/c1-6-8-10-12-14-16-18-20-22-24-26-28-30-32-35-45-37-39(38-47-49(43,44)46-36-34-41(3,4)5)48-40(42)33-31-29-27-25-23-21-19-17-15-13-11-9-7-2/h16-19,39H,6-15,20-38H2,1-5H3/b18-16-,19-17-/t39-/m1/s1. The monoisotopic (exact) mass is 716 g/mol. The molecule has 8 nitrogen and oxygen atoms in total. The molecule has 0 saturated carbocycles. The van der Waals surface area contributed by atoms with Crippen molar-refractivity contribution in [3.63, 3.8) is 0 Å². The summed E-state index contributed by atoms with van der Waals surface area (Å²) < 4.78 is 34.5. The first-order chi connectivity index (χ1) is 23.6. The molecular formula is C40H78NO7P. The van der Waals surface area contributed by atoms with Gasteiger partial charge in [-0.15, -0.1) is 0 Å². The van der Waals surface area contributed by atoms with Crippen molar-refractivity contribution in [1.29, 1.82) is 0 Å². The molecule has 2 atom stereocenters. The normalized spacial score (nSPS) is 14.2. The second-order valence-corrected chi connectivity index (χ2v) is 16.0. The Morgan fingerprint density at radius 1 is 0.612 bits per heavy atom. The number of esters is 1. The Morgan fingerprint density at radius 3 is 1.55 bits per heavy atom. The molecule has 0 rings (SSSR count). The van der Waals surface area contributed by atoms with E-state index in [0.717, 1.165) is 44.9 Å². The van der Waals surface area contributed by atoms with Crippen molar-refractivity contribution < 1.29 is 37.3 Å². The van der Waals surface area contributed by atoms with Gasteiger partial charge in [-0.25, -0.2) is 0 Å². The van der Waals surface area contributed by atoms with E-state index in [-0.39, 0.29) is 25.8 Å². The van der Waals surface area contributed by atoms with Gasteiger partial charge in [0.1, 0.15) is 19.3 Å². The Hall–Kier alpha value is -1.02. The molecule has 49 heavy (non-hydrogen) atoms. The van der Waals surface area contributed by atoms with Crippen LogP contribution in [-0.4, -0.2) is 70.7 Å². The molecule has 0 radical (unpaired) electrons. The van der Waals surface area contributed by atoms with Gasteiger partial charge in [0.05, 0.1) is 34.4 Å². The number of unbranched alkanes of at least 4 members (excludes halogenated alkanes) is 19. The molecule has 0 amide bonds. The topological polar surface area (TPSA) is 94.1 Å². The van der Waals surface area contributed by atoms with Crippen molar-refractivity contribution in [1.82, 2.24) is 0 Å². The van der Waals surface area contributed by atoms with Gasteiger partial charge in [-0.05, 0) is 64.2 Å². The van der Waals surface area contributed by atoms with Crippen LogP contribution in [0.25, 0.3) is 0 Å². The molecule has 0 aromatic heterocycles. The van der Waals surface area contributed by atoms with Crippen LogP contribution in [0.1, 0.15) is 168 Å². The molecule has 0 aromatic rings. The number of allylic oxidation sites excluding steroid dienone is 4. The molecule has 0 N–H and O–H groups in total. The minimum atomic E-state index is -4.52. The van der Waals surface area contributed by atoms with Gasteiger partial charge in [-0.2, -0.15) is 0 Å². The zero-order valence-corrected chi connectivity index (χ0v) is 33.5. The molecule has 290 valence electrons. The van der Waals surface area contributed by atoms with Crippen molar-refractivity contribution in [3.05, 3.63) is 24.3 Å². The Bertz CT molecular complexity index is 843. The maximum atomic E-state index is 12.6. The van der Waals surface area contributed by atoms with E-state index in [0.29, 0.717) is 24.1 Å². The molecule has 0 aromatic carbocycles. The summed E-state index contributed by atoms with van der Waals surface area (Å²) in [5.74, 6) is -0.346. The molecule has 0 aliphatic carbocycles. The molecule has 0 aliphatic heterocycles. The highest BCUT2D eigenvalue weighted by Gasteiger charge is 2.20. The number of rotatable bonds is 37. The highest BCUT2D eigenvalue weighted by Crippen LogP contribution is 2.38. The van der Waals surface area contributed by atoms with E-state index in [1.54, 1.807) is 0 Å². The number of likely N-dealkylation sites (N-methyl/N-ethyl adjacent to an activating group) is 1. The first-order valence-corrected chi connectivity index (χ1v) is 21.5. The number of ether oxygens (including phenoxy) is 2. The summed E-state index contributed by atoms with van der Waals surface area (Å²) in [5.41, 5.74) is 0. The largest absolute Gasteiger partial charge is 0.756 e. The zero-order valence-electron chi connectivity index (χ0n) is 32.6. The first-order valence-electron chi connectivity index (χ1n) is 20.1. The molecular weight excluding hydrogens is 637 g/mol. The molecule has 0 spiro atoms. The smallest absolute Gasteiger partial charge is 0.306 e. The summed E-state index contributed by atoms with van der Waals surface area (Å²) in [6.45, 7) is 5.36. The van der Waals surface area contributed by atoms with Crippen LogP contribution in [0.3, 0.4) is 0 Å². The average molecular weight is 716 g/mol. The Morgan fingerprint density at radius 2 is 1.06 bits per heavy atom. The van der Waals surface area contributed by atoms with Crippen molar-refractivity contribution in [2.45, 2.75) is 174 Å². The van der Waals surface area contributed by atoms with Crippen LogP contribution in [0, 0.1) is 0 Å². The highest BCUT2D eigenvalue weighted by molar-refractivity contribution is 7.45. The highest BCUT2D eigenvalue weighted by atomic mass is 31.2. The minimum Gasteiger partial charge on any atom is -0.756 e. The van der Waals surface area contributed by atoms with Gasteiger partial charge in [0, 0.05) is 13.0 Å². The number of carbonyl (C=O) groups is 1. The van der Waals surface area contributed by atoms with Crippen LogP contribution in [0.4, 0.5) is 0 Å².